The summed E-state index contributed by atoms with van der Waals surface area (Å²) in [5, 5.41) is 8.79. The van der Waals surface area contributed by atoms with Gasteiger partial charge in [-0.25, -0.2) is 8.78 Å². The number of aliphatic carboxylic acids is 1. The smallest absolute Gasteiger partial charge is 0.317 e. The lowest BCUT2D eigenvalue weighted by Crippen LogP contribution is -2.32. The number of carboxylic acid groups (broad SMARTS) is 1. The third kappa shape index (κ3) is 5.23. The second-order valence-corrected chi connectivity index (χ2v) is 4.73. The molecule has 100 valence electrons. The molecule has 0 unspecified atom stereocenters. The molecular weight excluding hydrogens is 240 g/mol. The van der Waals surface area contributed by atoms with Crippen molar-refractivity contribution in [3.05, 3.63) is 35.4 Å². The summed E-state index contributed by atoms with van der Waals surface area (Å²) >= 11 is 0. The van der Waals surface area contributed by atoms with Crippen LogP contribution in [0.5, 0.6) is 0 Å². The van der Waals surface area contributed by atoms with Crippen LogP contribution in [0, 0.1) is 17.6 Å². The molecule has 0 heterocycles. The van der Waals surface area contributed by atoms with E-state index in [-0.39, 0.29) is 19.0 Å². The zero-order valence-electron chi connectivity index (χ0n) is 10.5. The van der Waals surface area contributed by atoms with Crippen LogP contribution >= 0.6 is 0 Å². The standard InChI is InChI=1S/C13H17F2NO2/c1-9(2)6-16(8-13(17)18)7-10-3-11(14)5-12(15)4-10/h3-5,9H,6-8H2,1-2H3,(H,17,18). The van der Waals surface area contributed by atoms with Crippen molar-refractivity contribution in [3.63, 3.8) is 0 Å². The molecule has 0 atom stereocenters. The van der Waals surface area contributed by atoms with Crippen LogP contribution in [-0.2, 0) is 11.3 Å². The van der Waals surface area contributed by atoms with Gasteiger partial charge in [-0.05, 0) is 23.6 Å². The Bertz CT molecular complexity index is 401. The second kappa shape index (κ2) is 6.44. The van der Waals surface area contributed by atoms with Crippen LogP contribution in [0.15, 0.2) is 18.2 Å². The van der Waals surface area contributed by atoms with Crippen molar-refractivity contribution in [2.24, 2.45) is 5.92 Å². The molecule has 0 bridgehead atoms. The molecule has 0 radical (unpaired) electrons. The molecule has 1 aromatic carbocycles. The van der Waals surface area contributed by atoms with E-state index in [0.29, 0.717) is 12.1 Å². The largest absolute Gasteiger partial charge is 0.480 e. The fraction of sp³-hybridized carbons (Fsp3) is 0.462. The average Bonchev–Trinajstić information content (AvgIpc) is 2.12. The van der Waals surface area contributed by atoms with Gasteiger partial charge in [-0.2, -0.15) is 0 Å². The summed E-state index contributed by atoms with van der Waals surface area (Å²) in [4.78, 5) is 12.4. The van der Waals surface area contributed by atoms with Crippen molar-refractivity contribution in [1.29, 1.82) is 0 Å². The molecule has 0 saturated carbocycles. The van der Waals surface area contributed by atoms with Gasteiger partial charge in [0.2, 0.25) is 0 Å². The van der Waals surface area contributed by atoms with E-state index in [2.05, 4.69) is 0 Å². The summed E-state index contributed by atoms with van der Waals surface area (Å²) < 4.78 is 26.1. The number of hydrogen-bond donors (Lipinski definition) is 1. The third-order valence-corrected chi connectivity index (χ3v) is 2.31. The fourth-order valence-corrected chi connectivity index (χ4v) is 1.85. The number of benzene rings is 1. The lowest BCUT2D eigenvalue weighted by atomic mass is 10.1. The Labute approximate surface area is 105 Å². The first-order chi connectivity index (χ1) is 8.36. The monoisotopic (exact) mass is 257 g/mol. The van der Waals surface area contributed by atoms with Crippen molar-refractivity contribution < 1.29 is 18.7 Å². The Morgan fingerprint density at radius 2 is 1.83 bits per heavy atom. The summed E-state index contributed by atoms with van der Waals surface area (Å²) in [6.07, 6.45) is 0. The van der Waals surface area contributed by atoms with Gasteiger partial charge < -0.3 is 5.11 Å². The number of hydrogen-bond acceptors (Lipinski definition) is 2. The minimum Gasteiger partial charge on any atom is -0.480 e. The van der Waals surface area contributed by atoms with Gasteiger partial charge in [-0.1, -0.05) is 13.8 Å². The highest BCUT2D eigenvalue weighted by molar-refractivity contribution is 5.69. The Hall–Kier alpha value is -1.49. The topological polar surface area (TPSA) is 40.5 Å². The Morgan fingerprint density at radius 1 is 1.28 bits per heavy atom. The molecule has 18 heavy (non-hydrogen) atoms. The van der Waals surface area contributed by atoms with E-state index in [1.165, 1.54) is 12.1 Å². The van der Waals surface area contributed by atoms with Gasteiger partial charge in [-0.3, -0.25) is 9.69 Å². The normalized spacial score (nSPS) is 11.2. The molecule has 0 spiro atoms. The predicted octanol–water partition coefficient (Wildman–Crippen LogP) is 2.51. The van der Waals surface area contributed by atoms with Crippen LogP contribution in [0.25, 0.3) is 0 Å². The molecule has 0 amide bonds. The zero-order chi connectivity index (χ0) is 13.7. The van der Waals surface area contributed by atoms with Crippen LogP contribution in [0.1, 0.15) is 19.4 Å². The minimum atomic E-state index is -0.951. The zero-order valence-corrected chi connectivity index (χ0v) is 10.5. The molecule has 0 saturated heterocycles. The van der Waals surface area contributed by atoms with Crippen molar-refractivity contribution in [1.82, 2.24) is 4.90 Å². The molecule has 5 heteroatoms. The van der Waals surface area contributed by atoms with Crippen molar-refractivity contribution in [3.8, 4) is 0 Å². The number of nitrogens with zero attached hydrogens (tertiary/aromatic N) is 1. The maximum Gasteiger partial charge on any atom is 0.317 e. The summed E-state index contributed by atoms with van der Waals surface area (Å²) in [7, 11) is 0. The maximum atomic E-state index is 13.0. The molecular formula is C13H17F2NO2. The van der Waals surface area contributed by atoms with Gasteiger partial charge in [0.15, 0.2) is 0 Å². The van der Waals surface area contributed by atoms with Gasteiger partial charge in [0, 0.05) is 19.2 Å². The highest BCUT2D eigenvalue weighted by atomic mass is 19.1. The molecule has 0 aromatic heterocycles. The predicted molar refractivity (Wildman–Crippen MR) is 64.1 cm³/mol. The third-order valence-electron chi connectivity index (χ3n) is 2.31. The van der Waals surface area contributed by atoms with Crippen LogP contribution in [0.4, 0.5) is 8.78 Å². The van der Waals surface area contributed by atoms with Crippen LogP contribution < -0.4 is 0 Å². The molecule has 1 rings (SSSR count). The highest BCUT2D eigenvalue weighted by Gasteiger charge is 2.13. The van der Waals surface area contributed by atoms with Gasteiger partial charge in [0.1, 0.15) is 11.6 Å². The van der Waals surface area contributed by atoms with Crippen molar-refractivity contribution in [2.75, 3.05) is 13.1 Å². The average molecular weight is 257 g/mol. The first kappa shape index (κ1) is 14.6. The molecule has 0 aliphatic carbocycles. The molecule has 1 N–H and O–H groups in total. The first-order valence-corrected chi connectivity index (χ1v) is 5.76. The van der Waals surface area contributed by atoms with E-state index in [4.69, 9.17) is 5.11 Å². The summed E-state index contributed by atoms with van der Waals surface area (Å²) in [5.74, 6) is -1.97. The van der Waals surface area contributed by atoms with Crippen LogP contribution in [-0.4, -0.2) is 29.1 Å². The number of halogens is 2. The summed E-state index contributed by atoms with van der Waals surface area (Å²) in [5.41, 5.74) is 0.439. The fourth-order valence-electron chi connectivity index (χ4n) is 1.85. The Balaban J connectivity index is 2.77. The summed E-state index contributed by atoms with van der Waals surface area (Å²) in [6, 6.07) is 3.24. The van der Waals surface area contributed by atoms with Gasteiger partial charge in [0.05, 0.1) is 6.54 Å². The van der Waals surface area contributed by atoms with E-state index in [1.54, 1.807) is 4.90 Å². The molecule has 0 fully saturated rings. The minimum absolute atomic E-state index is 0.143. The lowest BCUT2D eigenvalue weighted by molar-refractivity contribution is -0.138. The van der Waals surface area contributed by atoms with Crippen LogP contribution in [0.3, 0.4) is 0 Å². The maximum absolute atomic E-state index is 13.0. The van der Waals surface area contributed by atoms with Crippen molar-refractivity contribution in [2.45, 2.75) is 20.4 Å². The van der Waals surface area contributed by atoms with Gasteiger partial charge >= 0.3 is 5.97 Å². The van der Waals surface area contributed by atoms with E-state index in [0.717, 1.165) is 6.07 Å². The van der Waals surface area contributed by atoms with E-state index in [9.17, 15) is 13.6 Å². The number of carboxylic acids is 1. The number of carbonyl (C=O) groups is 1. The second-order valence-electron chi connectivity index (χ2n) is 4.73. The first-order valence-electron chi connectivity index (χ1n) is 5.76. The lowest BCUT2D eigenvalue weighted by Gasteiger charge is -2.22. The van der Waals surface area contributed by atoms with Gasteiger partial charge in [-0.15, -0.1) is 0 Å². The quantitative estimate of drug-likeness (QED) is 0.851. The van der Waals surface area contributed by atoms with Gasteiger partial charge in [0.25, 0.3) is 0 Å². The van der Waals surface area contributed by atoms with E-state index >= 15 is 0 Å². The molecule has 0 aliphatic heterocycles. The van der Waals surface area contributed by atoms with Crippen LogP contribution in [0.2, 0.25) is 0 Å². The molecule has 0 aliphatic rings. The highest BCUT2D eigenvalue weighted by Crippen LogP contribution is 2.11. The van der Waals surface area contributed by atoms with E-state index in [1.807, 2.05) is 13.8 Å². The summed E-state index contributed by atoms with van der Waals surface area (Å²) in [6.45, 7) is 4.56. The van der Waals surface area contributed by atoms with Crippen molar-refractivity contribution >= 4 is 5.97 Å². The molecule has 3 nitrogen and oxygen atoms in total. The Morgan fingerprint density at radius 3 is 2.28 bits per heavy atom. The number of rotatable bonds is 6. The SMILES string of the molecule is CC(C)CN(CC(=O)O)Cc1cc(F)cc(F)c1. The molecule has 1 aromatic rings. The van der Waals surface area contributed by atoms with E-state index < -0.39 is 17.6 Å². The Kier molecular flexibility index (Phi) is 5.22.